The maximum atomic E-state index is 12.1. The van der Waals surface area contributed by atoms with Gasteiger partial charge in [0.2, 0.25) is 5.95 Å². The first-order valence-corrected chi connectivity index (χ1v) is 19.0. The third-order valence-electron chi connectivity index (χ3n) is 7.44. The minimum absolute atomic E-state index is 0. The first-order valence-electron chi connectivity index (χ1n) is 17.8. The van der Waals surface area contributed by atoms with Crippen molar-refractivity contribution in [1.29, 1.82) is 0 Å². The molecule has 2 fully saturated rings. The first-order chi connectivity index (χ1) is 25.3. The van der Waals surface area contributed by atoms with Crippen LogP contribution in [0.1, 0.15) is 109 Å². The van der Waals surface area contributed by atoms with E-state index in [9.17, 15) is 28.8 Å². The fourth-order valence-corrected chi connectivity index (χ4v) is 5.15. The summed E-state index contributed by atoms with van der Waals surface area (Å²) in [5.74, 6) is -1.05. The Hall–Kier alpha value is -4.65. The molecule has 0 aromatic carbocycles. The molecule has 310 valence electrons. The summed E-state index contributed by atoms with van der Waals surface area (Å²) in [4.78, 5) is 86.0. The highest BCUT2D eigenvalue weighted by molar-refractivity contribution is 7.98. The third kappa shape index (κ3) is 17.6. The van der Waals surface area contributed by atoms with Gasteiger partial charge in [0.05, 0.1) is 19.4 Å². The molecule has 0 radical (unpaired) electrons. The molecule has 0 spiro atoms. The van der Waals surface area contributed by atoms with Crippen molar-refractivity contribution in [3.63, 3.8) is 0 Å². The summed E-state index contributed by atoms with van der Waals surface area (Å²) in [6.07, 6.45) is 6.81. The number of nitrogens with two attached hydrogens (primary N) is 1. The number of nitrogens with zero attached hydrogens (tertiary/aromatic N) is 4. The number of ether oxygens (including phenoxy) is 4. The molecule has 19 heteroatoms. The average Bonchev–Trinajstić information content (AvgIpc) is 3.08. The van der Waals surface area contributed by atoms with E-state index in [1.807, 2.05) is 41.5 Å². The number of carbonyl (C=O) groups is 4. The normalized spacial score (nSPS) is 14.8. The van der Waals surface area contributed by atoms with Crippen molar-refractivity contribution in [2.45, 2.75) is 117 Å². The van der Waals surface area contributed by atoms with Crippen molar-refractivity contribution in [2.24, 2.45) is 5.73 Å². The number of nitrogens with one attached hydrogen (secondary N) is 3. The second-order valence-corrected chi connectivity index (χ2v) is 15.0. The molecule has 0 saturated carbocycles. The highest BCUT2D eigenvalue weighted by Gasteiger charge is 2.28. The standard InChI is InChI=1S/C17H26N4O5.C10H20N2O2.C8H10N2O3S.CH4/c1-5-25-14(23)12-10-18-15(20-13(12)22)19-11-6-8-21(9-7-11)16(24)26-17(2,3)4;1-10(2,3)14-9(13)12-6-4-8(11)5-7-12;1-3-13-7(12)5-4-9-8(14-2)10-6(5)11;/h10-11H,5-9H2,1-4H3,(H2,18,19,20,22);8H,4-7,11H2,1-3H3;4H,3H2,1-2H3,(H,9,10,11);1H4. The van der Waals surface area contributed by atoms with Gasteiger partial charge in [-0.05, 0) is 87.3 Å². The van der Waals surface area contributed by atoms with Gasteiger partial charge in [-0.1, -0.05) is 19.2 Å². The van der Waals surface area contributed by atoms with Crippen molar-refractivity contribution < 1.29 is 38.1 Å². The Bertz CT molecular complexity index is 1660. The Morgan fingerprint density at radius 2 is 1.20 bits per heavy atom. The molecule has 2 aliphatic rings. The predicted molar refractivity (Wildman–Crippen MR) is 210 cm³/mol. The zero-order valence-electron chi connectivity index (χ0n) is 32.7. The fraction of sp³-hybridized carbons (Fsp3) is 0.667. The molecule has 18 nitrogen and oxygen atoms in total. The van der Waals surface area contributed by atoms with Gasteiger partial charge in [0.25, 0.3) is 11.1 Å². The molecule has 4 rings (SSSR count). The second-order valence-electron chi connectivity index (χ2n) is 14.2. The van der Waals surface area contributed by atoms with Crippen LogP contribution >= 0.6 is 11.8 Å². The van der Waals surface area contributed by atoms with Crippen molar-refractivity contribution in [3.05, 3.63) is 44.2 Å². The lowest BCUT2D eigenvalue weighted by Gasteiger charge is -2.33. The number of hydrogen-bond donors (Lipinski definition) is 4. The number of piperidine rings is 2. The number of carbonyl (C=O) groups excluding carboxylic acids is 4. The van der Waals surface area contributed by atoms with Gasteiger partial charge >= 0.3 is 24.1 Å². The summed E-state index contributed by atoms with van der Waals surface area (Å²) in [7, 11) is 0. The second kappa shape index (κ2) is 22.7. The van der Waals surface area contributed by atoms with E-state index in [0.29, 0.717) is 37.0 Å². The highest BCUT2D eigenvalue weighted by Crippen LogP contribution is 2.18. The number of amides is 2. The summed E-state index contributed by atoms with van der Waals surface area (Å²) in [5, 5.41) is 3.61. The van der Waals surface area contributed by atoms with Crippen LogP contribution < -0.4 is 22.2 Å². The van der Waals surface area contributed by atoms with Crippen molar-refractivity contribution >= 4 is 41.8 Å². The summed E-state index contributed by atoms with van der Waals surface area (Å²) >= 11 is 1.30. The number of anilines is 1. The SMILES string of the molecule is C.CC(C)(C)OC(=O)N1CCC(N)CC1.CCOC(=O)c1cnc(NC2CCN(C(=O)OC(C)(C)C)CC2)[nH]c1=O.CCOC(=O)c1cnc(SC)[nH]c1=O. The molecule has 2 aromatic heterocycles. The summed E-state index contributed by atoms with van der Waals surface area (Å²) in [6, 6.07) is 0.305. The first kappa shape index (κ1) is 48.4. The van der Waals surface area contributed by atoms with Crippen LogP contribution in [0.25, 0.3) is 0 Å². The molecule has 2 amide bonds. The molecule has 0 aliphatic carbocycles. The zero-order valence-corrected chi connectivity index (χ0v) is 33.6. The van der Waals surface area contributed by atoms with E-state index in [2.05, 4.69) is 30.0 Å². The van der Waals surface area contributed by atoms with Gasteiger partial charge in [-0.15, -0.1) is 0 Å². The van der Waals surface area contributed by atoms with E-state index in [0.717, 1.165) is 25.9 Å². The largest absolute Gasteiger partial charge is 0.462 e. The molecule has 55 heavy (non-hydrogen) atoms. The number of likely N-dealkylation sites (tertiary alicyclic amines) is 2. The van der Waals surface area contributed by atoms with Gasteiger partial charge in [0.1, 0.15) is 22.3 Å². The van der Waals surface area contributed by atoms with E-state index in [1.54, 1.807) is 29.9 Å². The van der Waals surface area contributed by atoms with Crippen LogP contribution in [0.3, 0.4) is 0 Å². The Balaban J connectivity index is 0.000000444. The lowest BCUT2D eigenvalue weighted by Crippen LogP contribution is -2.44. The molecular formula is C36H60N8O10S. The maximum absolute atomic E-state index is 12.1. The highest BCUT2D eigenvalue weighted by atomic mass is 32.2. The van der Waals surface area contributed by atoms with Crippen LogP contribution in [0.4, 0.5) is 15.5 Å². The van der Waals surface area contributed by atoms with Crippen molar-refractivity contribution in [2.75, 3.05) is 51.0 Å². The molecule has 0 bridgehead atoms. The van der Waals surface area contributed by atoms with Crippen LogP contribution in [-0.2, 0) is 18.9 Å². The lowest BCUT2D eigenvalue weighted by atomic mass is 10.1. The minimum Gasteiger partial charge on any atom is -0.462 e. The minimum atomic E-state index is -0.696. The van der Waals surface area contributed by atoms with Gasteiger partial charge < -0.3 is 44.8 Å². The Morgan fingerprint density at radius 1 is 0.782 bits per heavy atom. The molecule has 2 aromatic rings. The van der Waals surface area contributed by atoms with Crippen LogP contribution in [0, 0.1) is 0 Å². The number of thioether (sulfide) groups is 1. The third-order valence-corrected chi connectivity index (χ3v) is 8.03. The van der Waals surface area contributed by atoms with Gasteiger partial charge in [-0.3, -0.25) is 14.6 Å². The molecule has 4 heterocycles. The van der Waals surface area contributed by atoms with E-state index in [-0.39, 0.29) is 56.0 Å². The van der Waals surface area contributed by atoms with Crippen LogP contribution in [-0.4, -0.2) is 123 Å². The number of rotatable bonds is 7. The van der Waals surface area contributed by atoms with Gasteiger partial charge in [0, 0.05) is 44.5 Å². The Kier molecular flexibility index (Phi) is 19.9. The molecule has 0 atom stereocenters. The lowest BCUT2D eigenvalue weighted by molar-refractivity contribution is 0.0197. The van der Waals surface area contributed by atoms with E-state index >= 15 is 0 Å². The van der Waals surface area contributed by atoms with Gasteiger partial charge in [0.15, 0.2) is 5.16 Å². The van der Waals surface area contributed by atoms with E-state index in [4.69, 9.17) is 19.9 Å². The molecule has 5 N–H and O–H groups in total. The fourth-order valence-electron chi connectivity index (χ4n) is 4.79. The van der Waals surface area contributed by atoms with Gasteiger partial charge in [-0.2, -0.15) is 0 Å². The Labute approximate surface area is 327 Å². The van der Waals surface area contributed by atoms with Crippen molar-refractivity contribution in [3.8, 4) is 0 Å². The summed E-state index contributed by atoms with van der Waals surface area (Å²) < 4.78 is 20.1. The van der Waals surface area contributed by atoms with E-state index in [1.165, 1.54) is 24.2 Å². The Morgan fingerprint density at radius 3 is 1.58 bits per heavy atom. The number of hydrogen-bond acceptors (Lipinski definition) is 15. The summed E-state index contributed by atoms with van der Waals surface area (Å²) in [5.41, 5.74) is 3.61. The maximum Gasteiger partial charge on any atom is 0.410 e. The predicted octanol–water partition coefficient (Wildman–Crippen LogP) is 4.41. The van der Waals surface area contributed by atoms with Crippen LogP contribution in [0.5, 0.6) is 0 Å². The number of aromatic amines is 2. The number of aromatic nitrogens is 4. The van der Waals surface area contributed by atoms with Gasteiger partial charge in [-0.25, -0.2) is 29.1 Å². The topological polar surface area (TPSA) is 241 Å². The molecule has 2 aliphatic heterocycles. The smallest absolute Gasteiger partial charge is 0.410 e. The quantitative estimate of drug-likeness (QED) is 0.131. The molecule has 0 unspecified atom stereocenters. The average molecular weight is 797 g/mol. The van der Waals surface area contributed by atoms with E-state index < -0.39 is 34.3 Å². The van der Waals surface area contributed by atoms with Crippen LogP contribution in [0.2, 0.25) is 0 Å². The number of esters is 2. The monoisotopic (exact) mass is 796 g/mol. The summed E-state index contributed by atoms with van der Waals surface area (Å²) in [6.45, 7) is 17.4. The van der Waals surface area contributed by atoms with Crippen LogP contribution in [0.15, 0.2) is 27.1 Å². The molecule has 2 saturated heterocycles. The number of H-pyrrole nitrogens is 2. The zero-order chi connectivity index (χ0) is 40.6. The van der Waals surface area contributed by atoms with Crippen molar-refractivity contribution in [1.82, 2.24) is 29.7 Å². The molecular weight excluding hydrogens is 737 g/mol.